The van der Waals surface area contributed by atoms with E-state index < -0.39 is 6.10 Å². The Morgan fingerprint density at radius 3 is 1.87 bits per heavy atom. The van der Waals surface area contributed by atoms with Crippen molar-refractivity contribution in [2.75, 3.05) is 10.2 Å². The van der Waals surface area contributed by atoms with E-state index in [1.165, 1.54) is 41.7 Å². The lowest BCUT2D eigenvalue weighted by Gasteiger charge is -2.43. The second-order valence-electron chi connectivity index (χ2n) is 17.1. The first kappa shape index (κ1) is 41.9. The number of ether oxygens (including phenoxy) is 3. The summed E-state index contributed by atoms with van der Waals surface area (Å²) in [6.45, 7) is 1.21. The Hall–Kier alpha value is -5.38. The molecule has 0 aromatic heterocycles. The van der Waals surface area contributed by atoms with Gasteiger partial charge in [0.1, 0.15) is 23.8 Å². The number of epoxide rings is 1. The summed E-state index contributed by atoms with van der Waals surface area (Å²) in [7, 11) is 0. The van der Waals surface area contributed by atoms with Gasteiger partial charge in [0, 0.05) is 22.7 Å². The minimum absolute atomic E-state index is 0.113. The number of nitrogens with one attached hydrogen (secondary N) is 1. The van der Waals surface area contributed by atoms with E-state index in [2.05, 4.69) is 64.8 Å². The minimum Gasteiger partial charge on any atom is -0.388 e. The third-order valence-corrected chi connectivity index (χ3v) is 12.9. The van der Waals surface area contributed by atoms with Gasteiger partial charge in [0.2, 0.25) is 0 Å². The second-order valence-corrected chi connectivity index (χ2v) is 17.1. The van der Waals surface area contributed by atoms with Crippen molar-refractivity contribution < 1.29 is 28.1 Å². The molecule has 1 saturated heterocycles. The normalized spacial score (nSPS) is 23.0. The number of halogens is 2. The first-order chi connectivity index (χ1) is 30.5. The second kappa shape index (κ2) is 19.8. The van der Waals surface area contributed by atoms with E-state index in [1.54, 1.807) is 12.1 Å². The van der Waals surface area contributed by atoms with Gasteiger partial charge in [-0.15, -0.1) is 0 Å². The molecule has 2 N–H and O–H groups in total. The number of hydrogen-bond acceptors (Lipinski definition) is 6. The molecule has 0 bridgehead atoms. The van der Waals surface area contributed by atoms with Crippen LogP contribution < -0.4 is 10.2 Å². The quantitative estimate of drug-likeness (QED) is 0.156. The van der Waals surface area contributed by atoms with Crippen molar-refractivity contribution in [1.29, 1.82) is 0 Å². The van der Waals surface area contributed by atoms with Crippen LogP contribution in [0.15, 0.2) is 146 Å². The van der Waals surface area contributed by atoms with Crippen LogP contribution in [0.2, 0.25) is 0 Å². The van der Waals surface area contributed by atoms with Gasteiger partial charge < -0.3 is 29.5 Å². The number of hydrogen-bond donors (Lipinski definition) is 2. The van der Waals surface area contributed by atoms with Gasteiger partial charge in [0.15, 0.2) is 0 Å². The lowest BCUT2D eigenvalue weighted by molar-refractivity contribution is -0.0739. The molecule has 0 unspecified atom stereocenters. The van der Waals surface area contributed by atoms with Gasteiger partial charge >= 0.3 is 0 Å². The Labute approximate surface area is 364 Å². The average Bonchev–Trinajstić information content (AvgIpc) is 4.15. The molecule has 6 aromatic carbocycles. The van der Waals surface area contributed by atoms with Crippen LogP contribution >= 0.6 is 0 Å². The van der Waals surface area contributed by atoms with Gasteiger partial charge in [-0.25, -0.2) is 8.78 Å². The van der Waals surface area contributed by atoms with Crippen LogP contribution in [0.4, 0.5) is 31.5 Å². The van der Waals surface area contributed by atoms with Gasteiger partial charge in [0.25, 0.3) is 0 Å². The highest BCUT2D eigenvalue weighted by atomic mass is 19.1. The zero-order chi connectivity index (χ0) is 42.3. The first-order valence-electron chi connectivity index (χ1n) is 22.4. The van der Waals surface area contributed by atoms with Crippen molar-refractivity contribution in [3.05, 3.63) is 191 Å². The number of rotatable bonds is 7. The number of anilines is 4. The van der Waals surface area contributed by atoms with E-state index in [1.807, 2.05) is 66.7 Å². The molecule has 6 aromatic rings. The number of para-hydroxylation sites is 2. The monoisotopic (exact) mass is 834 g/mol. The molecule has 3 fully saturated rings. The maximum Gasteiger partial charge on any atom is 0.123 e. The van der Waals surface area contributed by atoms with Crippen LogP contribution in [-0.4, -0.2) is 41.7 Å². The van der Waals surface area contributed by atoms with Crippen molar-refractivity contribution in [3.8, 4) is 0 Å². The van der Waals surface area contributed by atoms with Crippen molar-refractivity contribution >= 4 is 22.7 Å². The molecule has 5 aliphatic rings. The molecule has 3 heterocycles. The Kier molecular flexibility index (Phi) is 13.4. The summed E-state index contributed by atoms with van der Waals surface area (Å²) < 4.78 is 44.8. The van der Waals surface area contributed by atoms with Crippen LogP contribution in [0.25, 0.3) is 0 Å². The Bertz CT molecular complexity index is 2400. The molecule has 62 heavy (non-hydrogen) atoms. The van der Waals surface area contributed by atoms with Gasteiger partial charge in [-0.2, -0.15) is 0 Å². The number of aryl methyl sites for hydroxylation is 4. The predicted molar refractivity (Wildman–Crippen MR) is 242 cm³/mol. The Morgan fingerprint density at radius 2 is 1.10 bits per heavy atom. The summed E-state index contributed by atoms with van der Waals surface area (Å²) in [5, 5.41) is 14.8. The summed E-state index contributed by atoms with van der Waals surface area (Å²) in [5.41, 5.74) is 11.2. The van der Waals surface area contributed by atoms with E-state index in [9.17, 15) is 13.9 Å². The average molecular weight is 835 g/mol. The number of aliphatic hydroxyl groups excluding tert-OH is 1. The minimum atomic E-state index is -0.624. The zero-order valence-corrected chi connectivity index (χ0v) is 35.2. The largest absolute Gasteiger partial charge is 0.388 e. The fourth-order valence-electron chi connectivity index (χ4n) is 9.58. The Morgan fingerprint density at radius 1 is 0.548 bits per heavy atom. The molecule has 11 rings (SSSR count). The lowest BCUT2D eigenvalue weighted by Crippen LogP contribution is -2.50. The van der Waals surface area contributed by atoms with Crippen LogP contribution in [0.3, 0.4) is 0 Å². The first-order valence-corrected chi connectivity index (χ1v) is 22.4. The van der Waals surface area contributed by atoms with Gasteiger partial charge in [0.05, 0.1) is 37.6 Å². The predicted octanol–water partition coefficient (Wildman–Crippen LogP) is 11.8. The molecule has 320 valence electrons. The van der Waals surface area contributed by atoms with Crippen molar-refractivity contribution in [2.45, 2.75) is 114 Å². The fraction of sp³-hybridized carbons (Fsp3) is 0.333. The molecule has 0 radical (unpaired) electrons. The Balaban J connectivity index is 0.000000132. The topological polar surface area (TPSA) is 66.5 Å². The highest BCUT2D eigenvalue weighted by Crippen LogP contribution is 2.42. The van der Waals surface area contributed by atoms with E-state index in [-0.39, 0.29) is 23.8 Å². The molecular weight excluding hydrogens is 779 g/mol. The maximum absolute atomic E-state index is 14.0. The zero-order valence-electron chi connectivity index (χ0n) is 35.2. The molecule has 6 atom stereocenters. The lowest BCUT2D eigenvalue weighted by atomic mass is 9.87. The van der Waals surface area contributed by atoms with Crippen LogP contribution in [-0.2, 0) is 53.1 Å². The third kappa shape index (κ3) is 10.1. The number of aliphatic hydroxyl groups is 1. The van der Waals surface area contributed by atoms with Crippen LogP contribution in [0.5, 0.6) is 0 Å². The molecule has 8 heteroatoms. The summed E-state index contributed by atoms with van der Waals surface area (Å²) in [5.74, 6) is -0.371. The summed E-state index contributed by atoms with van der Waals surface area (Å²) >= 11 is 0. The van der Waals surface area contributed by atoms with E-state index >= 15 is 0 Å². The maximum atomic E-state index is 14.0. The molecule has 2 saturated carbocycles. The van der Waals surface area contributed by atoms with Crippen molar-refractivity contribution in [3.63, 3.8) is 0 Å². The number of nitrogens with zero attached hydrogens (tertiary/aromatic N) is 1. The smallest absolute Gasteiger partial charge is 0.123 e. The highest BCUT2D eigenvalue weighted by molar-refractivity contribution is 5.72. The van der Waals surface area contributed by atoms with Gasteiger partial charge in [-0.1, -0.05) is 97.1 Å². The van der Waals surface area contributed by atoms with Crippen molar-refractivity contribution in [1.82, 2.24) is 0 Å². The molecule has 2 aliphatic carbocycles. The number of fused-ring (bicyclic) bond motifs is 5. The SMILES string of the molecule is Fc1ccc2c(c1)CCc1ccccc1N2.O[C@H]1[C@H](N2c3ccccc3CCc3cc(F)ccc32)CCC[C@H]1OCc1ccccc1.c1ccc(CO[C@@H]2CCC[C@@H]3O[C@@H]32)cc1. The van der Waals surface area contributed by atoms with E-state index in [4.69, 9.17) is 14.2 Å². The summed E-state index contributed by atoms with van der Waals surface area (Å²) in [6.07, 6.45) is 10.2. The fourth-order valence-corrected chi connectivity index (χ4v) is 9.58. The molecule has 3 aliphatic heterocycles. The highest BCUT2D eigenvalue weighted by Gasteiger charge is 2.47. The van der Waals surface area contributed by atoms with E-state index in [0.717, 1.165) is 97.4 Å². The standard InChI is InChI=1S/C27H28FNO2.C14H12FN.C13H16O2/c28-22-15-16-24-21(17-22)14-13-20-9-4-5-10-23(20)29(24)25-11-6-12-26(27(25)30)31-18-19-7-2-1-3-8-19;15-12-7-8-14-11(9-12)6-5-10-3-1-2-4-13(10)16-14;1-2-5-10(6-3-1)9-14-11-7-4-8-12-13(11)15-12/h1-5,7-10,15-17,25-27,30H,6,11-14,18H2;1-4,7-9,16H,5-6H2;1-3,5-6,11-13H,4,7-9H2/t25-,26-,27+;;11-,12+,13-/m1.1/s1. The molecular formula is C54H56F2N2O4. The van der Waals surface area contributed by atoms with Gasteiger partial charge in [-0.05, 0) is 146 Å². The third-order valence-electron chi connectivity index (χ3n) is 12.9. The molecule has 6 nitrogen and oxygen atoms in total. The van der Waals surface area contributed by atoms with Gasteiger partial charge in [-0.3, -0.25) is 0 Å². The van der Waals surface area contributed by atoms with Crippen molar-refractivity contribution in [2.24, 2.45) is 0 Å². The summed E-state index contributed by atoms with van der Waals surface area (Å²) in [4.78, 5) is 2.25. The van der Waals surface area contributed by atoms with E-state index in [0.29, 0.717) is 24.9 Å². The van der Waals surface area contributed by atoms with Crippen LogP contribution in [0.1, 0.15) is 71.9 Å². The van der Waals surface area contributed by atoms with Crippen LogP contribution in [0, 0.1) is 11.6 Å². The molecule has 0 spiro atoms. The molecule has 0 amide bonds. The summed E-state index contributed by atoms with van der Waals surface area (Å²) in [6, 6.07) is 46.9. The number of benzene rings is 6.